The minimum Gasteiger partial charge on any atom is -0.379 e. The van der Waals surface area contributed by atoms with Crippen LogP contribution < -0.4 is 4.18 Å². The van der Waals surface area contributed by atoms with Crippen LogP contribution >= 0.6 is 11.6 Å². The SMILES string of the molecule is O=C(C(Cl)c1ccccc1)N(Cc1ccc(F)cc1)Cc1ccc(OS(=O)(=O)c2ccc(F)cc2)cc1. The smallest absolute Gasteiger partial charge is 0.339 e. The maximum Gasteiger partial charge on any atom is 0.339 e. The topological polar surface area (TPSA) is 63.7 Å². The van der Waals surface area contributed by atoms with Crippen molar-refractivity contribution in [3.8, 4) is 5.75 Å². The molecule has 0 aromatic heterocycles. The Morgan fingerprint density at radius 2 is 1.24 bits per heavy atom. The van der Waals surface area contributed by atoms with E-state index in [9.17, 15) is 22.0 Å². The van der Waals surface area contributed by atoms with Crippen molar-refractivity contribution in [1.82, 2.24) is 4.90 Å². The first-order valence-electron chi connectivity index (χ1n) is 11.2. The van der Waals surface area contributed by atoms with E-state index in [2.05, 4.69) is 0 Å². The number of carbonyl (C=O) groups is 1. The summed E-state index contributed by atoms with van der Waals surface area (Å²) in [7, 11) is -4.14. The van der Waals surface area contributed by atoms with Crippen LogP contribution in [0.3, 0.4) is 0 Å². The van der Waals surface area contributed by atoms with Gasteiger partial charge in [0, 0.05) is 13.1 Å². The van der Waals surface area contributed by atoms with Gasteiger partial charge in [-0.05, 0) is 65.2 Å². The molecule has 0 spiro atoms. The zero-order valence-electron chi connectivity index (χ0n) is 19.4. The predicted octanol–water partition coefficient (Wildman–Crippen LogP) is 6.24. The van der Waals surface area contributed by atoms with Gasteiger partial charge in [0.1, 0.15) is 27.7 Å². The number of hydrogen-bond donors (Lipinski definition) is 0. The van der Waals surface area contributed by atoms with Crippen molar-refractivity contribution < 1.29 is 26.2 Å². The summed E-state index contributed by atoms with van der Waals surface area (Å²) in [6, 6.07) is 25.3. The number of amides is 1. The normalized spacial score (nSPS) is 12.1. The Balaban J connectivity index is 1.52. The van der Waals surface area contributed by atoms with Gasteiger partial charge >= 0.3 is 10.1 Å². The first-order valence-corrected chi connectivity index (χ1v) is 13.1. The molecule has 1 unspecified atom stereocenters. The van der Waals surface area contributed by atoms with Gasteiger partial charge in [-0.25, -0.2) is 8.78 Å². The fourth-order valence-corrected chi connectivity index (χ4v) is 4.81. The van der Waals surface area contributed by atoms with Gasteiger partial charge in [-0.15, -0.1) is 11.6 Å². The number of alkyl halides is 1. The molecule has 0 saturated heterocycles. The summed E-state index contributed by atoms with van der Waals surface area (Å²) in [5.74, 6) is -1.22. The molecule has 190 valence electrons. The highest BCUT2D eigenvalue weighted by Crippen LogP contribution is 2.26. The van der Waals surface area contributed by atoms with Gasteiger partial charge in [-0.1, -0.05) is 54.6 Å². The van der Waals surface area contributed by atoms with Crippen molar-refractivity contribution in [2.24, 2.45) is 0 Å². The van der Waals surface area contributed by atoms with E-state index in [4.69, 9.17) is 15.8 Å². The summed E-state index contributed by atoms with van der Waals surface area (Å²) in [6.07, 6.45) is 0. The van der Waals surface area contributed by atoms with Crippen LogP contribution in [0, 0.1) is 11.6 Å². The summed E-state index contributed by atoms with van der Waals surface area (Å²) in [6.45, 7) is 0.351. The Bertz CT molecular complexity index is 1450. The minimum atomic E-state index is -4.14. The fourth-order valence-electron chi connectivity index (χ4n) is 3.59. The molecule has 9 heteroatoms. The van der Waals surface area contributed by atoms with Gasteiger partial charge < -0.3 is 9.08 Å². The van der Waals surface area contributed by atoms with Crippen molar-refractivity contribution in [2.45, 2.75) is 23.4 Å². The molecular weight excluding hydrogens is 520 g/mol. The first-order chi connectivity index (χ1) is 17.7. The van der Waals surface area contributed by atoms with Crippen LogP contribution in [-0.2, 0) is 28.0 Å². The maximum atomic E-state index is 13.4. The Morgan fingerprint density at radius 3 is 1.78 bits per heavy atom. The lowest BCUT2D eigenvalue weighted by atomic mass is 10.1. The Morgan fingerprint density at radius 1 is 0.757 bits per heavy atom. The van der Waals surface area contributed by atoms with Crippen molar-refractivity contribution in [3.05, 3.63) is 131 Å². The molecule has 0 radical (unpaired) electrons. The van der Waals surface area contributed by atoms with Crippen LogP contribution in [0.5, 0.6) is 5.75 Å². The van der Waals surface area contributed by atoms with E-state index in [0.29, 0.717) is 11.1 Å². The molecule has 4 aromatic rings. The highest BCUT2D eigenvalue weighted by Gasteiger charge is 2.24. The number of benzene rings is 4. The van der Waals surface area contributed by atoms with E-state index in [0.717, 1.165) is 29.8 Å². The molecule has 1 atom stereocenters. The average molecular weight is 542 g/mol. The molecule has 0 aliphatic heterocycles. The standard InChI is InChI=1S/C28H22ClF2NO4S/c29-27(22-4-2-1-3-5-22)28(33)32(18-20-6-10-23(30)11-7-20)19-21-8-14-25(15-9-21)36-37(34,35)26-16-12-24(31)13-17-26/h1-17,27H,18-19H2. The fraction of sp³-hybridized carbons (Fsp3) is 0.107. The maximum absolute atomic E-state index is 13.4. The monoisotopic (exact) mass is 541 g/mol. The van der Waals surface area contributed by atoms with Crippen LogP contribution in [0.2, 0.25) is 0 Å². The number of hydrogen-bond acceptors (Lipinski definition) is 4. The molecule has 4 rings (SSSR count). The van der Waals surface area contributed by atoms with Gasteiger partial charge in [0.15, 0.2) is 0 Å². The first kappa shape index (κ1) is 26.3. The van der Waals surface area contributed by atoms with Gasteiger partial charge in [-0.2, -0.15) is 8.42 Å². The van der Waals surface area contributed by atoms with Crippen LogP contribution in [0.25, 0.3) is 0 Å². The summed E-state index contributed by atoms with van der Waals surface area (Å²) in [5, 5.41) is -0.926. The van der Waals surface area contributed by atoms with E-state index in [-0.39, 0.29) is 35.5 Å². The number of halogens is 3. The molecular formula is C28H22ClF2NO4S. The van der Waals surface area contributed by atoms with Gasteiger partial charge in [0.2, 0.25) is 5.91 Å². The third-order valence-electron chi connectivity index (χ3n) is 5.51. The van der Waals surface area contributed by atoms with Crippen LogP contribution in [0.15, 0.2) is 108 Å². The van der Waals surface area contributed by atoms with Crippen molar-refractivity contribution >= 4 is 27.6 Å². The van der Waals surface area contributed by atoms with E-state index >= 15 is 0 Å². The highest BCUT2D eigenvalue weighted by molar-refractivity contribution is 7.87. The van der Waals surface area contributed by atoms with Crippen LogP contribution in [0.1, 0.15) is 22.1 Å². The minimum absolute atomic E-state index is 0.0593. The predicted molar refractivity (Wildman–Crippen MR) is 136 cm³/mol. The summed E-state index contributed by atoms with van der Waals surface area (Å²) < 4.78 is 56.6. The molecule has 37 heavy (non-hydrogen) atoms. The van der Waals surface area contributed by atoms with Crippen LogP contribution in [0.4, 0.5) is 8.78 Å². The largest absolute Gasteiger partial charge is 0.379 e. The molecule has 0 aliphatic carbocycles. The van der Waals surface area contributed by atoms with Gasteiger partial charge in [-0.3, -0.25) is 4.79 Å². The Kier molecular flexibility index (Phi) is 8.21. The second-order valence-corrected chi connectivity index (χ2v) is 10.2. The van der Waals surface area contributed by atoms with Crippen molar-refractivity contribution in [3.63, 3.8) is 0 Å². The molecule has 0 fully saturated rings. The molecule has 0 bridgehead atoms. The molecule has 1 amide bonds. The second-order valence-electron chi connectivity index (χ2n) is 8.23. The van der Waals surface area contributed by atoms with E-state index < -0.39 is 21.3 Å². The zero-order chi connectivity index (χ0) is 26.4. The summed E-state index contributed by atoms with van der Waals surface area (Å²) in [5.41, 5.74) is 2.06. The average Bonchev–Trinajstić information content (AvgIpc) is 2.90. The summed E-state index contributed by atoms with van der Waals surface area (Å²) >= 11 is 6.51. The number of carbonyl (C=O) groups excluding carboxylic acids is 1. The number of nitrogens with zero attached hydrogens (tertiary/aromatic N) is 1. The van der Waals surface area contributed by atoms with E-state index in [1.54, 1.807) is 53.4 Å². The second kappa shape index (κ2) is 11.5. The Labute approximate surface area is 219 Å². The highest BCUT2D eigenvalue weighted by atomic mass is 35.5. The zero-order valence-corrected chi connectivity index (χ0v) is 21.0. The third-order valence-corrected chi connectivity index (χ3v) is 7.21. The molecule has 4 aromatic carbocycles. The third kappa shape index (κ3) is 6.93. The molecule has 0 N–H and O–H groups in total. The van der Waals surface area contributed by atoms with Gasteiger partial charge in [0.25, 0.3) is 0 Å². The molecule has 0 heterocycles. The van der Waals surface area contributed by atoms with E-state index in [1.165, 1.54) is 24.3 Å². The van der Waals surface area contributed by atoms with Crippen molar-refractivity contribution in [1.29, 1.82) is 0 Å². The van der Waals surface area contributed by atoms with Gasteiger partial charge in [0.05, 0.1) is 0 Å². The molecule has 0 saturated carbocycles. The lowest BCUT2D eigenvalue weighted by molar-refractivity contribution is -0.132. The van der Waals surface area contributed by atoms with Crippen LogP contribution in [-0.4, -0.2) is 19.2 Å². The van der Waals surface area contributed by atoms with Crippen molar-refractivity contribution in [2.75, 3.05) is 0 Å². The lowest BCUT2D eigenvalue weighted by Crippen LogP contribution is -2.32. The molecule has 5 nitrogen and oxygen atoms in total. The Hall–Kier alpha value is -3.75. The number of rotatable bonds is 9. The lowest BCUT2D eigenvalue weighted by Gasteiger charge is -2.25. The summed E-state index contributed by atoms with van der Waals surface area (Å²) in [4.78, 5) is 14.7. The van der Waals surface area contributed by atoms with E-state index in [1.807, 2.05) is 6.07 Å². The quantitative estimate of drug-likeness (QED) is 0.186. The molecule has 0 aliphatic rings.